The maximum Gasteiger partial charge on any atom is 0.242 e. The van der Waals surface area contributed by atoms with Crippen molar-refractivity contribution in [1.82, 2.24) is 9.80 Å². The Kier molecular flexibility index (Phi) is 10.5. The van der Waals surface area contributed by atoms with Crippen LogP contribution >= 0.6 is 0 Å². The minimum absolute atomic E-state index is 0.00802. The van der Waals surface area contributed by atoms with Gasteiger partial charge < -0.3 is 28.4 Å². The molecular formula is C30H42N2O6. The fourth-order valence-corrected chi connectivity index (χ4v) is 5.02. The number of unbranched alkanes of at least 4 members (excludes halogenated alkanes) is 5. The number of fused-ring (bicyclic) bond motifs is 1. The Labute approximate surface area is 226 Å². The molecule has 0 aliphatic carbocycles. The number of carbonyl (C=O) groups is 2. The van der Waals surface area contributed by atoms with Gasteiger partial charge in [0.2, 0.25) is 18.6 Å². The lowest BCUT2D eigenvalue weighted by atomic mass is 10.1. The zero-order valence-electron chi connectivity index (χ0n) is 22.9. The Bertz CT molecular complexity index is 1050. The van der Waals surface area contributed by atoms with E-state index in [2.05, 4.69) is 6.92 Å². The summed E-state index contributed by atoms with van der Waals surface area (Å²) in [4.78, 5) is 30.5. The Morgan fingerprint density at radius 3 is 2.50 bits per heavy atom. The fraction of sp³-hybridized carbons (Fsp3) is 0.600. The molecule has 8 nitrogen and oxygen atoms in total. The Morgan fingerprint density at radius 2 is 1.74 bits per heavy atom. The number of carbonyl (C=O) groups excluding carboxylic acids is 2. The van der Waals surface area contributed by atoms with Gasteiger partial charge in [0.25, 0.3) is 0 Å². The molecule has 1 fully saturated rings. The number of hydrogen-bond donors (Lipinski definition) is 0. The zero-order chi connectivity index (χ0) is 26.7. The van der Waals surface area contributed by atoms with Gasteiger partial charge in [-0.05, 0) is 56.0 Å². The van der Waals surface area contributed by atoms with Gasteiger partial charge in [0.15, 0.2) is 11.5 Å². The number of rotatable bonds is 15. The van der Waals surface area contributed by atoms with Crippen LogP contribution in [0, 0.1) is 6.92 Å². The van der Waals surface area contributed by atoms with E-state index in [4.69, 9.17) is 18.6 Å². The van der Waals surface area contributed by atoms with Crippen LogP contribution in [0.2, 0.25) is 0 Å². The smallest absolute Gasteiger partial charge is 0.242 e. The van der Waals surface area contributed by atoms with Gasteiger partial charge in [-0.25, -0.2) is 0 Å². The molecule has 2 aliphatic rings. The molecule has 2 aromatic rings. The average molecular weight is 527 g/mol. The van der Waals surface area contributed by atoms with Gasteiger partial charge in [-0.15, -0.1) is 0 Å². The first kappa shape index (κ1) is 28.0. The third-order valence-electron chi connectivity index (χ3n) is 7.18. The van der Waals surface area contributed by atoms with Crippen LogP contribution in [0.4, 0.5) is 0 Å². The summed E-state index contributed by atoms with van der Waals surface area (Å²) >= 11 is 0. The highest BCUT2D eigenvalue weighted by Gasteiger charge is 2.27. The molecule has 1 aromatic heterocycles. The van der Waals surface area contributed by atoms with E-state index in [1.165, 1.54) is 19.3 Å². The summed E-state index contributed by atoms with van der Waals surface area (Å²) in [5.41, 5.74) is 0.926. The van der Waals surface area contributed by atoms with Crippen molar-refractivity contribution in [2.24, 2.45) is 0 Å². The number of hydrogen-bond acceptors (Lipinski definition) is 6. The SMILES string of the molecule is CCCCCCCCC(=O)N(CC(=O)N(Cc1ccc2c(c1)OCO2)Cc1ccc(C)o1)CC1CCCO1. The van der Waals surface area contributed by atoms with E-state index in [0.29, 0.717) is 49.9 Å². The lowest BCUT2D eigenvalue weighted by molar-refractivity contribution is -0.142. The van der Waals surface area contributed by atoms with Crippen molar-refractivity contribution in [3.8, 4) is 11.5 Å². The molecule has 4 rings (SSSR count). The van der Waals surface area contributed by atoms with Crippen LogP contribution in [0.3, 0.4) is 0 Å². The minimum atomic E-state index is -0.119. The molecule has 0 radical (unpaired) electrons. The van der Waals surface area contributed by atoms with E-state index < -0.39 is 0 Å². The molecule has 8 heteroatoms. The van der Waals surface area contributed by atoms with Crippen molar-refractivity contribution in [3.05, 3.63) is 47.4 Å². The summed E-state index contributed by atoms with van der Waals surface area (Å²) in [7, 11) is 0. The number of amides is 2. The maximum absolute atomic E-state index is 13.7. The predicted octanol–water partition coefficient (Wildman–Crippen LogP) is 5.60. The van der Waals surface area contributed by atoms with Crippen molar-refractivity contribution in [2.75, 3.05) is 26.5 Å². The highest BCUT2D eigenvalue weighted by molar-refractivity contribution is 5.85. The van der Waals surface area contributed by atoms with Crippen LogP contribution in [0.25, 0.3) is 0 Å². The van der Waals surface area contributed by atoms with Crippen molar-refractivity contribution in [1.29, 1.82) is 0 Å². The molecule has 208 valence electrons. The first-order valence-electron chi connectivity index (χ1n) is 14.1. The molecule has 0 bridgehead atoms. The van der Waals surface area contributed by atoms with E-state index in [1.54, 1.807) is 9.80 Å². The van der Waals surface area contributed by atoms with Crippen molar-refractivity contribution >= 4 is 11.8 Å². The third kappa shape index (κ3) is 8.25. The normalized spacial score (nSPS) is 16.1. The second kappa shape index (κ2) is 14.2. The van der Waals surface area contributed by atoms with Crippen LogP contribution < -0.4 is 9.47 Å². The number of benzene rings is 1. The second-order valence-corrected chi connectivity index (χ2v) is 10.4. The van der Waals surface area contributed by atoms with E-state index in [9.17, 15) is 9.59 Å². The molecular weight excluding hydrogens is 484 g/mol. The molecule has 38 heavy (non-hydrogen) atoms. The molecule has 0 N–H and O–H groups in total. The highest BCUT2D eigenvalue weighted by Crippen LogP contribution is 2.33. The molecule has 1 aromatic carbocycles. The number of nitrogens with zero attached hydrogens (tertiary/aromatic N) is 2. The zero-order valence-corrected chi connectivity index (χ0v) is 22.9. The summed E-state index contributed by atoms with van der Waals surface area (Å²) in [5.74, 6) is 2.80. The van der Waals surface area contributed by atoms with Crippen LogP contribution in [0.5, 0.6) is 11.5 Å². The first-order valence-corrected chi connectivity index (χ1v) is 14.1. The summed E-state index contributed by atoms with van der Waals surface area (Å²) in [6, 6.07) is 9.50. The van der Waals surface area contributed by atoms with Crippen LogP contribution in [0.15, 0.2) is 34.7 Å². The molecule has 0 spiro atoms. The quantitative estimate of drug-likeness (QED) is 0.281. The molecule has 1 atom stereocenters. The third-order valence-corrected chi connectivity index (χ3v) is 7.18. The topological polar surface area (TPSA) is 81.5 Å². The highest BCUT2D eigenvalue weighted by atomic mass is 16.7. The Balaban J connectivity index is 1.43. The lowest BCUT2D eigenvalue weighted by Gasteiger charge is -2.29. The summed E-state index contributed by atoms with van der Waals surface area (Å²) in [5, 5.41) is 0. The number of ether oxygens (including phenoxy) is 3. The van der Waals surface area contributed by atoms with Gasteiger partial charge >= 0.3 is 0 Å². The monoisotopic (exact) mass is 526 g/mol. The average Bonchev–Trinajstić information content (AvgIpc) is 3.67. The second-order valence-electron chi connectivity index (χ2n) is 10.4. The lowest BCUT2D eigenvalue weighted by Crippen LogP contribution is -2.45. The van der Waals surface area contributed by atoms with Crippen molar-refractivity contribution < 1.29 is 28.2 Å². The number of aryl methyl sites for hydroxylation is 1. The van der Waals surface area contributed by atoms with Gasteiger partial charge in [0, 0.05) is 26.1 Å². The predicted molar refractivity (Wildman–Crippen MR) is 144 cm³/mol. The van der Waals surface area contributed by atoms with Crippen LogP contribution in [0.1, 0.15) is 81.8 Å². The summed E-state index contributed by atoms with van der Waals surface area (Å²) in [6.45, 7) is 6.17. The molecule has 1 saturated heterocycles. The maximum atomic E-state index is 13.7. The van der Waals surface area contributed by atoms with Crippen molar-refractivity contribution in [3.63, 3.8) is 0 Å². The van der Waals surface area contributed by atoms with E-state index in [1.807, 2.05) is 37.3 Å². The molecule has 1 unspecified atom stereocenters. The van der Waals surface area contributed by atoms with Gasteiger partial charge in [0.1, 0.15) is 11.5 Å². The van der Waals surface area contributed by atoms with Crippen LogP contribution in [-0.2, 0) is 27.4 Å². The molecule has 2 aliphatic heterocycles. The van der Waals surface area contributed by atoms with Crippen LogP contribution in [-0.4, -0.2) is 54.2 Å². The molecule has 3 heterocycles. The van der Waals surface area contributed by atoms with E-state index in [-0.39, 0.29) is 31.3 Å². The Hall–Kier alpha value is -3.00. The molecule has 0 saturated carbocycles. The van der Waals surface area contributed by atoms with E-state index in [0.717, 1.165) is 43.4 Å². The standard InChI is InChI=1S/C30H42N2O6/c1-3-4-5-6-7-8-11-29(33)32(19-25-10-9-16-35-25)21-30(34)31(20-26-14-12-23(2)38-26)18-24-13-15-27-28(17-24)37-22-36-27/h12-15,17,25H,3-11,16,18-22H2,1-2H3. The summed E-state index contributed by atoms with van der Waals surface area (Å²) in [6.07, 6.45) is 9.07. The number of furan rings is 1. The first-order chi connectivity index (χ1) is 18.5. The Morgan fingerprint density at radius 1 is 0.921 bits per heavy atom. The fourth-order valence-electron chi connectivity index (χ4n) is 5.02. The van der Waals surface area contributed by atoms with E-state index >= 15 is 0 Å². The van der Waals surface area contributed by atoms with Gasteiger partial charge in [0.05, 0.1) is 19.2 Å². The summed E-state index contributed by atoms with van der Waals surface area (Å²) < 4.78 is 22.6. The largest absolute Gasteiger partial charge is 0.464 e. The van der Waals surface area contributed by atoms with Gasteiger partial charge in [-0.1, -0.05) is 45.1 Å². The minimum Gasteiger partial charge on any atom is -0.464 e. The van der Waals surface area contributed by atoms with Gasteiger partial charge in [-0.3, -0.25) is 9.59 Å². The van der Waals surface area contributed by atoms with Crippen molar-refractivity contribution in [2.45, 2.75) is 90.8 Å². The molecule has 2 amide bonds. The van der Waals surface area contributed by atoms with Gasteiger partial charge in [-0.2, -0.15) is 0 Å².